The fraction of sp³-hybridized carbons (Fsp3) is 0.520. The second-order valence-electron chi connectivity index (χ2n) is 9.19. The number of hydrogen-bond acceptors (Lipinski definition) is 9. The SMILES string of the molecule is COc1cc2c(cc1OC)C(COCCOS(=O)(=O)c1ccc([N+](=O)[O-])cc1)SCC1(CCCC1)C2. The topological polar surface area (TPSA) is 114 Å². The van der Waals surface area contributed by atoms with Crippen LogP contribution in [0.1, 0.15) is 42.1 Å². The van der Waals surface area contributed by atoms with Crippen LogP contribution in [0.25, 0.3) is 0 Å². The Balaban J connectivity index is 1.39. The van der Waals surface area contributed by atoms with Gasteiger partial charge in [0.25, 0.3) is 15.8 Å². The number of methoxy groups -OCH3 is 2. The Labute approximate surface area is 215 Å². The zero-order chi connectivity index (χ0) is 25.8. The highest BCUT2D eigenvalue weighted by Crippen LogP contribution is 2.51. The molecular formula is C25H31NO8S2. The summed E-state index contributed by atoms with van der Waals surface area (Å²) in [5, 5.41) is 10.8. The van der Waals surface area contributed by atoms with Gasteiger partial charge in [-0.1, -0.05) is 12.8 Å². The van der Waals surface area contributed by atoms with Crippen molar-refractivity contribution in [3.8, 4) is 11.5 Å². The predicted molar refractivity (Wildman–Crippen MR) is 136 cm³/mol. The molecule has 2 aliphatic rings. The van der Waals surface area contributed by atoms with Crippen LogP contribution in [0.3, 0.4) is 0 Å². The van der Waals surface area contributed by atoms with E-state index in [0.29, 0.717) is 12.4 Å². The first-order valence-corrected chi connectivity index (χ1v) is 14.3. The van der Waals surface area contributed by atoms with Gasteiger partial charge in [-0.15, -0.1) is 0 Å². The van der Waals surface area contributed by atoms with Gasteiger partial charge in [-0.3, -0.25) is 14.3 Å². The number of hydrogen-bond donors (Lipinski definition) is 0. The van der Waals surface area contributed by atoms with Gasteiger partial charge >= 0.3 is 0 Å². The molecule has 0 saturated heterocycles. The van der Waals surface area contributed by atoms with E-state index in [2.05, 4.69) is 6.07 Å². The minimum atomic E-state index is -4.03. The van der Waals surface area contributed by atoms with Gasteiger partial charge in [0.15, 0.2) is 11.5 Å². The number of nitro groups is 1. The van der Waals surface area contributed by atoms with Crippen molar-refractivity contribution < 1.29 is 31.7 Å². The van der Waals surface area contributed by atoms with Crippen LogP contribution in [0.2, 0.25) is 0 Å². The molecule has 9 nitrogen and oxygen atoms in total. The minimum Gasteiger partial charge on any atom is -0.493 e. The van der Waals surface area contributed by atoms with Gasteiger partial charge < -0.3 is 14.2 Å². The molecule has 1 saturated carbocycles. The fourth-order valence-electron chi connectivity index (χ4n) is 4.99. The molecule has 1 heterocycles. The zero-order valence-corrected chi connectivity index (χ0v) is 22.1. The molecule has 0 amide bonds. The third-order valence-corrected chi connectivity index (χ3v) is 9.78. The van der Waals surface area contributed by atoms with Crippen molar-refractivity contribution in [2.45, 2.75) is 42.2 Å². The molecule has 36 heavy (non-hydrogen) atoms. The largest absolute Gasteiger partial charge is 0.493 e. The van der Waals surface area contributed by atoms with Crippen molar-refractivity contribution in [1.29, 1.82) is 0 Å². The lowest BCUT2D eigenvalue weighted by Crippen LogP contribution is -2.21. The van der Waals surface area contributed by atoms with Gasteiger partial charge in [0.1, 0.15) is 0 Å². The summed E-state index contributed by atoms with van der Waals surface area (Å²) in [6.07, 6.45) is 5.95. The number of nitro benzene ring substituents is 1. The molecule has 2 aromatic rings. The first-order valence-electron chi connectivity index (χ1n) is 11.8. The predicted octanol–water partition coefficient (Wildman–Crippen LogP) is 4.92. The van der Waals surface area contributed by atoms with Gasteiger partial charge in [0.2, 0.25) is 0 Å². The molecule has 0 radical (unpaired) electrons. The summed E-state index contributed by atoms with van der Waals surface area (Å²) in [4.78, 5) is 10.0. The smallest absolute Gasteiger partial charge is 0.297 e. The molecule has 1 atom stereocenters. The summed E-state index contributed by atoms with van der Waals surface area (Å²) in [7, 11) is -0.762. The Morgan fingerprint density at radius 1 is 1.06 bits per heavy atom. The van der Waals surface area contributed by atoms with E-state index in [9.17, 15) is 18.5 Å². The second-order valence-corrected chi connectivity index (χ2v) is 12.0. The number of non-ortho nitro benzene ring substituents is 1. The maximum absolute atomic E-state index is 12.4. The summed E-state index contributed by atoms with van der Waals surface area (Å²) in [5.74, 6) is 2.45. The van der Waals surface area contributed by atoms with Crippen LogP contribution in [0.5, 0.6) is 11.5 Å². The molecule has 1 aliphatic heterocycles. The first kappa shape index (κ1) is 26.7. The first-order chi connectivity index (χ1) is 17.3. The highest BCUT2D eigenvalue weighted by atomic mass is 32.2. The van der Waals surface area contributed by atoms with Gasteiger partial charge in [0, 0.05) is 12.1 Å². The molecule has 0 aromatic heterocycles. The summed E-state index contributed by atoms with van der Waals surface area (Å²) in [6, 6.07) is 8.72. The van der Waals surface area contributed by atoms with Gasteiger partial charge in [-0.05, 0) is 65.8 Å². The number of thioether (sulfide) groups is 1. The molecular weight excluding hydrogens is 506 g/mol. The third kappa shape index (κ3) is 5.96. The lowest BCUT2D eigenvalue weighted by molar-refractivity contribution is -0.384. The van der Waals surface area contributed by atoms with Crippen molar-refractivity contribution in [3.05, 3.63) is 57.6 Å². The summed E-state index contributed by atoms with van der Waals surface area (Å²) in [6.45, 7) is 0.348. The van der Waals surface area contributed by atoms with E-state index in [4.69, 9.17) is 18.4 Å². The maximum atomic E-state index is 12.4. The van der Waals surface area contributed by atoms with Crippen molar-refractivity contribution >= 4 is 27.6 Å². The molecule has 0 N–H and O–H groups in total. The van der Waals surface area contributed by atoms with Crippen molar-refractivity contribution in [2.75, 3.05) is 39.8 Å². The quantitative estimate of drug-likeness (QED) is 0.180. The van der Waals surface area contributed by atoms with Crippen LogP contribution < -0.4 is 9.47 Å². The average molecular weight is 538 g/mol. The second kappa shape index (κ2) is 11.4. The van der Waals surface area contributed by atoms with Crippen molar-refractivity contribution in [1.82, 2.24) is 0 Å². The summed E-state index contributed by atoms with van der Waals surface area (Å²) < 4.78 is 46.8. The molecule has 1 unspecified atom stereocenters. The Bertz CT molecular complexity index is 1180. The molecule has 196 valence electrons. The van der Waals surface area contributed by atoms with Crippen molar-refractivity contribution in [2.24, 2.45) is 5.41 Å². The normalized spacial score (nSPS) is 19.0. The lowest BCUT2D eigenvalue weighted by atomic mass is 9.80. The van der Waals surface area contributed by atoms with E-state index < -0.39 is 15.0 Å². The molecule has 1 spiro atoms. The lowest BCUT2D eigenvalue weighted by Gasteiger charge is -2.27. The molecule has 11 heteroatoms. The molecule has 1 fully saturated rings. The van der Waals surface area contributed by atoms with Gasteiger partial charge in [-0.2, -0.15) is 20.2 Å². The zero-order valence-electron chi connectivity index (χ0n) is 20.4. The van der Waals surface area contributed by atoms with E-state index in [1.54, 1.807) is 14.2 Å². The number of rotatable bonds is 10. The fourth-order valence-corrected chi connectivity index (χ4v) is 7.42. The summed E-state index contributed by atoms with van der Waals surface area (Å²) >= 11 is 1.88. The average Bonchev–Trinajstić information content (AvgIpc) is 3.27. The Kier molecular flexibility index (Phi) is 8.44. The minimum absolute atomic E-state index is 0.0751. The van der Waals surface area contributed by atoms with E-state index in [-0.39, 0.29) is 34.5 Å². The molecule has 2 aromatic carbocycles. The van der Waals surface area contributed by atoms with Crippen LogP contribution in [0.4, 0.5) is 5.69 Å². The van der Waals surface area contributed by atoms with E-state index in [1.165, 1.54) is 36.8 Å². The van der Waals surface area contributed by atoms with Crippen LogP contribution >= 0.6 is 11.8 Å². The Morgan fingerprint density at radius 2 is 1.72 bits per heavy atom. The Hall–Kier alpha value is -2.34. The molecule has 1 aliphatic carbocycles. The monoisotopic (exact) mass is 537 g/mol. The van der Waals surface area contributed by atoms with Crippen LogP contribution in [-0.2, 0) is 25.5 Å². The van der Waals surface area contributed by atoms with Crippen LogP contribution in [0.15, 0.2) is 41.3 Å². The number of nitrogens with zero attached hydrogens (tertiary/aromatic N) is 1. The van der Waals surface area contributed by atoms with E-state index in [0.717, 1.165) is 42.2 Å². The van der Waals surface area contributed by atoms with E-state index >= 15 is 0 Å². The van der Waals surface area contributed by atoms with Crippen LogP contribution in [0, 0.1) is 15.5 Å². The Morgan fingerprint density at radius 3 is 2.36 bits per heavy atom. The molecule has 4 rings (SSSR count). The van der Waals surface area contributed by atoms with Crippen LogP contribution in [-0.4, -0.2) is 53.1 Å². The standard InChI is InChI=1S/C25H31NO8S2/c1-31-22-13-18-15-25(9-3-4-10-25)17-35-24(21(18)14-23(22)32-2)16-33-11-12-34-36(29,30)20-7-5-19(6-8-20)26(27)28/h5-8,13-14,24H,3-4,9-12,15-17H2,1-2H3. The van der Waals surface area contributed by atoms with Gasteiger partial charge in [0.05, 0.1) is 49.1 Å². The van der Waals surface area contributed by atoms with Gasteiger partial charge in [-0.25, -0.2) is 0 Å². The number of benzene rings is 2. The highest BCUT2D eigenvalue weighted by Gasteiger charge is 2.39. The van der Waals surface area contributed by atoms with E-state index in [1.807, 2.05) is 17.8 Å². The molecule has 0 bridgehead atoms. The number of fused-ring (bicyclic) bond motifs is 1. The van der Waals surface area contributed by atoms with Crippen molar-refractivity contribution in [3.63, 3.8) is 0 Å². The highest BCUT2D eigenvalue weighted by molar-refractivity contribution is 7.99. The maximum Gasteiger partial charge on any atom is 0.297 e. The number of ether oxygens (including phenoxy) is 3. The summed E-state index contributed by atoms with van der Waals surface area (Å²) in [5.41, 5.74) is 2.52. The third-order valence-electron chi connectivity index (χ3n) is 6.88.